The normalized spacial score (nSPS) is 11.3. The van der Waals surface area contributed by atoms with E-state index in [-0.39, 0.29) is 5.78 Å². The number of nitrogens with one attached hydrogen (secondary N) is 3. The third-order valence-electron chi connectivity index (χ3n) is 6.37. The summed E-state index contributed by atoms with van der Waals surface area (Å²) < 4.78 is 7.71. The lowest BCUT2D eigenvalue weighted by Crippen LogP contribution is -2.01. The van der Waals surface area contributed by atoms with Crippen LogP contribution in [0.4, 0.5) is 0 Å². The molecule has 37 heavy (non-hydrogen) atoms. The molecule has 7 rings (SSSR count). The van der Waals surface area contributed by atoms with E-state index >= 15 is 0 Å². The standard InChI is InChI=1S/C28H17N7O2/c29-12-16-3-1-4-18(9-16)37-19-7-8-26-24(10-19)34-28-22(15-32-35(26)28)27(36)25-11-21-20(17-13-30-31-14-17)5-2-6-23(21)33-25/h1-11,13-15,32-33H,(H,30,31). The number of imidazole rings is 1. The molecule has 0 aliphatic carbocycles. The van der Waals surface area contributed by atoms with Crippen LogP contribution in [0.25, 0.3) is 38.7 Å². The molecule has 7 aromatic rings. The van der Waals surface area contributed by atoms with Crippen molar-refractivity contribution in [2.75, 3.05) is 0 Å². The van der Waals surface area contributed by atoms with E-state index in [1.807, 2.05) is 48.7 Å². The van der Waals surface area contributed by atoms with E-state index in [4.69, 9.17) is 15.0 Å². The highest BCUT2D eigenvalue weighted by Gasteiger charge is 2.21. The average Bonchev–Trinajstić information content (AvgIpc) is 3.71. The maximum atomic E-state index is 13.6. The molecular weight excluding hydrogens is 466 g/mol. The van der Waals surface area contributed by atoms with E-state index < -0.39 is 0 Å². The number of hydrogen-bond donors (Lipinski definition) is 3. The van der Waals surface area contributed by atoms with Crippen molar-refractivity contribution >= 4 is 33.4 Å². The summed E-state index contributed by atoms with van der Waals surface area (Å²) in [4.78, 5) is 21.5. The number of ether oxygens (including phenoxy) is 1. The zero-order chi connectivity index (χ0) is 24.9. The minimum atomic E-state index is -0.166. The zero-order valence-electron chi connectivity index (χ0n) is 19.2. The summed E-state index contributed by atoms with van der Waals surface area (Å²) in [5.74, 6) is 0.979. The topological polar surface area (TPSA) is 128 Å². The van der Waals surface area contributed by atoms with Gasteiger partial charge in [0.15, 0.2) is 5.65 Å². The first-order valence-corrected chi connectivity index (χ1v) is 11.5. The van der Waals surface area contributed by atoms with Crippen molar-refractivity contribution in [3.8, 4) is 28.7 Å². The largest absolute Gasteiger partial charge is 0.457 e. The Bertz CT molecular complexity index is 2000. The van der Waals surface area contributed by atoms with Gasteiger partial charge in [0.1, 0.15) is 11.5 Å². The lowest BCUT2D eigenvalue weighted by atomic mass is 10.0. The summed E-state index contributed by atoms with van der Waals surface area (Å²) in [7, 11) is 0. The lowest BCUT2D eigenvalue weighted by molar-refractivity contribution is 0.103. The summed E-state index contributed by atoms with van der Waals surface area (Å²) in [5, 5.41) is 20.1. The Hall–Kier alpha value is -5.62. The molecule has 0 bridgehead atoms. The number of carbonyl (C=O) groups is 1. The number of hydrogen-bond acceptors (Lipinski definition) is 5. The molecule has 0 saturated carbocycles. The maximum absolute atomic E-state index is 13.6. The van der Waals surface area contributed by atoms with Gasteiger partial charge in [-0.1, -0.05) is 18.2 Å². The van der Waals surface area contributed by atoms with E-state index in [9.17, 15) is 4.79 Å². The highest BCUT2D eigenvalue weighted by molar-refractivity contribution is 6.14. The van der Waals surface area contributed by atoms with E-state index in [2.05, 4.69) is 26.3 Å². The average molecular weight is 483 g/mol. The first-order chi connectivity index (χ1) is 18.2. The molecule has 0 unspecified atom stereocenters. The maximum Gasteiger partial charge on any atom is 0.214 e. The van der Waals surface area contributed by atoms with Crippen LogP contribution in [0.2, 0.25) is 0 Å². The summed E-state index contributed by atoms with van der Waals surface area (Å²) in [6.45, 7) is 0. The number of H-pyrrole nitrogens is 3. The highest BCUT2D eigenvalue weighted by atomic mass is 16.5. The van der Waals surface area contributed by atoms with Gasteiger partial charge in [-0.3, -0.25) is 15.0 Å². The van der Waals surface area contributed by atoms with Gasteiger partial charge in [-0.25, -0.2) is 9.50 Å². The van der Waals surface area contributed by atoms with Crippen LogP contribution in [-0.2, 0) is 0 Å². The van der Waals surface area contributed by atoms with Crippen molar-refractivity contribution in [2.24, 2.45) is 0 Å². The van der Waals surface area contributed by atoms with Gasteiger partial charge in [0.2, 0.25) is 5.78 Å². The van der Waals surface area contributed by atoms with Crippen LogP contribution in [0.1, 0.15) is 21.6 Å². The summed E-state index contributed by atoms with van der Waals surface area (Å²) in [6.07, 6.45) is 5.25. The molecular formula is C28H17N7O2. The second kappa shape index (κ2) is 7.96. The van der Waals surface area contributed by atoms with Crippen molar-refractivity contribution in [1.82, 2.24) is 29.8 Å². The Kier molecular flexibility index (Phi) is 4.46. The zero-order valence-corrected chi connectivity index (χ0v) is 19.2. The molecule has 0 saturated heterocycles. The molecule has 0 fully saturated rings. The molecule has 4 aromatic heterocycles. The third-order valence-corrected chi connectivity index (χ3v) is 6.37. The van der Waals surface area contributed by atoms with Crippen molar-refractivity contribution in [3.05, 3.63) is 102 Å². The molecule has 9 nitrogen and oxygen atoms in total. The predicted octanol–water partition coefficient (Wildman–Crippen LogP) is 5.58. The number of ketones is 1. The number of nitriles is 1. The van der Waals surface area contributed by atoms with Gasteiger partial charge >= 0.3 is 0 Å². The van der Waals surface area contributed by atoms with E-state index in [0.717, 1.165) is 27.5 Å². The number of aromatic nitrogens is 6. The molecule has 0 aliphatic rings. The second-order valence-corrected chi connectivity index (χ2v) is 8.62. The number of aromatic amines is 3. The number of rotatable bonds is 5. The minimum Gasteiger partial charge on any atom is -0.457 e. The van der Waals surface area contributed by atoms with Crippen LogP contribution in [0.15, 0.2) is 85.3 Å². The highest BCUT2D eigenvalue weighted by Crippen LogP contribution is 2.31. The Morgan fingerprint density at radius 3 is 2.76 bits per heavy atom. The Balaban J connectivity index is 1.26. The van der Waals surface area contributed by atoms with E-state index in [1.54, 1.807) is 41.2 Å². The predicted molar refractivity (Wildman–Crippen MR) is 138 cm³/mol. The smallest absolute Gasteiger partial charge is 0.214 e. The Labute approximate surface area is 208 Å². The van der Waals surface area contributed by atoms with Crippen molar-refractivity contribution in [2.45, 2.75) is 0 Å². The fourth-order valence-corrected chi connectivity index (χ4v) is 4.63. The number of carbonyl (C=O) groups excluding carboxylic acids is 1. The van der Waals surface area contributed by atoms with Gasteiger partial charge in [0, 0.05) is 34.9 Å². The molecule has 4 heterocycles. The van der Waals surface area contributed by atoms with E-state index in [0.29, 0.717) is 39.5 Å². The SMILES string of the molecule is N#Cc1cccc(Oc2ccc3c(c2)nc2c(C(=O)c4cc5c(-c6cn[nH]c6)cccc5[nH]4)c[nH]n23)c1. The monoisotopic (exact) mass is 483 g/mol. The number of benzene rings is 3. The van der Waals surface area contributed by atoms with Gasteiger partial charge in [0.05, 0.1) is 40.1 Å². The molecule has 176 valence electrons. The molecule has 0 spiro atoms. The number of fused-ring (bicyclic) bond motifs is 4. The van der Waals surface area contributed by atoms with Crippen molar-refractivity contribution in [1.29, 1.82) is 5.26 Å². The summed E-state index contributed by atoms with van der Waals surface area (Å²) in [5.41, 5.74) is 6.26. The van der Waals surface area contributed by atoms with Crippen LogP contribution >= 0.6 is 0 Å². The van der Waals surface area contributed by atoms with Gasteiger partial charge in [-0.2, -0.15) is 10.4 Å². The van der Waals surface area contributed by atoms with Crippen LogP contribution in [0, 0.1) is 11.3 Å². The van der Waals surface area contributed by atoms with Gasteiger partial charge in [-0.05, 0) is 48.0 Å². The fourth-order valence-electron chi connectivity index (χ4n) is 4.63. The van der Waals surface area contributed by atoms with Crippen LogP contribution < -0.4 is 4.74 Å². The van der Waals surface area contributed by atoms with Crippen LogP contribution in [0.5, 0.6) is 11.5 Å². The van der Waals surface area contributed by atoms with Gasteiger partial charge in [0.25, 0.3) is 0 Å². The van der Waals surface area contributed by atoms with Crippen LogP contribution in [0.3, 0.4) is 0 Å². The van der Waals surface area contributed by atoms with Gasteiger partial charge < -0.3 is 9.72 Å². The molecule has 0 radical (unpaired) electrons. The number of nitrogens with zero attached hydrogens (tertiary/aromatic N) is 4. The molecule has 0 aliphatic heterocycles. The molecule has 9 heteroatoms. The fraction of sp³-hybridized carbons (Fsp3) is 0. The van der Waals surface area contributed by atoms with Crippen LogP contribution in [-0.4, -0.2) is 35.6 Å². The molecule has 0 amide bonds. The Morgan fingerprint density at radius 2 is 1.89 bits per heavy atom. The minimum absolute atomic E-state index is 0.166. The first-order valence-electron chi connectivity index (χ1n) is 11.5. The van der Waals surface area contributed by atoms with Crippen molar-refractivity contribution in [3.63, 3.8) is 0 Å². The van der Waals surface area contributed by atoms with E-state index in [1.165, 1.54) is 0 Å². The third kappa shape index (κ3) is 3.36. The van der Waals surface area contributed by atoms with Crippen molar-refractivity contribution < 1.29 is 9.53 Å². The lowest BCUT2D eigenvalue weighted by Gasteiger charge is -2.05. The van der Waals surface area contributed by atoms with Gasteiger partial charge in [-0.15, -0.1) is 0 Å². The summed E-state index contributed by atoms with van der Waals surface area (Å²) in [6, 6.07) is 22.3. The quantitative estimate of drug-likeness (QED) is 0.275. The molecule has 0 atom stereocenters. The summed E-state index contributed by atoms with van der Waals surface area (Å²) >= 11 is 0. The first kappa shape index (κ1) is 20.7. The molecule has 3 N–H and O–H groups in total. The second-order valence-electron chi connectivity index (χ2n) is 8.62. The Morgan fingerprint density at radius 1 is 1.00 bits per heavy atom. The molecule has 3 aromatic carbocycles.